The molecular weight excluding hydrogens is 328 g/mol. The molecule has 2 aliphatic heterocycles. The second kappa shape index (κ2) is 6.42. The number of esters is 1. The van der Waals surface area contributed by atoms with Gasteiger partial charge in [0.1, 0.15) is 5.92 Å². The average molecular weight is 344 g/mol. The van der Waals surface area contributed by atoms with E-state index in [0.29, 0.717) is 10.8 Å². The summed E-state index contributed by atoms with van der Waals surface area (Å²) >= 11 is 0. The van der Waals surface area contributed by atoms with Gasteiger partial charge in [0.25, 0.3) is 5.91 Å². The predicted molar refractivity (Wildman–Crippen MR) is 87.3 cm³/mol. The Labute approximate surface area is 143 Å². The number of hydrogen-bond acceptors (Lipinski definition) is 7. The van der Waals surface area contributed by atoms with Gasteiger partial charge in [-0.2, -0.15) is 0 Å². The summed E-state index contributed by atoms with van der Waals surface area (Å²) in [6.07, 6.45) is 0.815. The van der Waals surface area contributed by atoms with Crippen LogP contribution in [-0.4, -0.2) is 41.3 Å². The third kappa shape index (κ3) is 2.57. The van der Waals surface area contributed by atoms with Crippen molar-refractivity contribution in [3.63, 3.8) is 0 Å². The summed E-state index contributed by atoms with van der Waals surface area (Å²) < 4.78 is 4.86. The fraction of sp³-hybridized carbons (Fsp3) is 0.375. The molecule has 1 fully saturated rings. The maximum atomic E-state index is 12.8. The Kier molecular flexibility index (Phi) is 4.30. The highest BCUT2D eigenvalue weighted by atomic mass is 16.5. The molecule has 0 aromatic heterocycles. The zero-order valence-corrected chi connectivity index (χ0v) is 13.7. The smallest absolute Gasteiger partial charge is 0.355 e. The molecule has 1 saturated heterocycles. The van der Waals surface area contributed by atoms with Crippen LogP contribution in [0.2, 0.25) is 0 Å². The highest BCUT2D eigenvalue weighted by molar-refractivity contribution is 6.46. The number of anilines is 1. The first-order valence-corrected chi connectivity index (χ1v) is 7.88. The molecule has 1 aromatic carbocycles. The van der Waals surface area contributed by atoms with E-state index >= 15 is 0 Å². The molecular formula is C16H16N4O5. The number of carbonyl (C=O) groups is 3. The van der Waals surface area contributed by atoms with Gasteiger partial charge in [-0.1, -0.05) is 19.1 Å². The lowest BCUT2D eigenvalue weighted by Gasteiger charge is -2.17. The molecule has 0 aliphatic carbocycles. The number of rotatable bonds is 5. The number of benzene rings is 1. The molecule has 2 aliphatic rings. The third-order valence-electron chi connectivity index (χ3n) is 4.20. The third-order valence-corrected chi connectivity index (χ3v) is 4.20. The van der Waals surface area contributed by atoms with Gasteiger partial charge >= 0.3 is 5.97 Å². The van der Waals surface area contributed by atoms with Crippen molar-refractivity contribution in [1.29, 1.82) is 0 Å². The van der Waals surface area contributed by atoms with E-state index in [-0.39, 0.29) is 12.3 Å². The van der Waals surface area contributed by atoms with Crippen LogP contribution in [0, 0.1) is 10.8 Å². The van der Waals surface area contributed by atoms with Crippen LogP contribution in [0.25, 0.3) is 0 Å². The lowest BCUT2D eigenvalue weighted by atomic mass is 9.98. The van der Waals surface area contributed by atoms with Gasteiger partial charge in [0.05, 0.1) is 17.6 Å². The van der Waals surface area contributed by atoms with Gasteiger partial charge in [-0.25, -0.2) is 9.69 Å². The highest BCUT2D eigenvalue weighted by Crippen LogP contribution is 2.35. The molecule has 0 radical (unpaired) electrons. The lowest BCUT2D eigenvalue weighted by Crippen LogP contribution is -2.36. The fourth-order valence-electron chi connectivity index (χ4n) is 2.97. The monoisotopic (exact) mass is 344 g/mol. The SMILES string of the molecule is CCOC(=O)C1=NN(N=O)[C@@H]2C(=O)N(c3ccc(CC)cc3)C(=O)[C@H]12. The summed E-state index contributed by atoms with van der Waals surface area (Å²) in [6.45, 7) is 3.67. The van der Waals surface area contributed by atoms with Crippen LogP contribution < -0.4 is 4.90 Å². The number of hydrogen-bond donors (Lipinski definition) is 0. The average Bonchev–Trinajstić information content (AvgIpc) is 3.12. The standard InChI is InChI=1S/C16H16N4O5/c1-3-9-5-7-10(8-6-9)19-14(21)11-12(16(23)25-4-2)17-20(18-24)13(11)15(19)22/h5-8,11,13H,3-4H2,1-2H3/t11-,13+/m1/s1. The van der Waals surface area contributed by atoms with Crippen LogP contribution in [0.5, 0.6) is 0 Å². The Morgan fingerprint density at radius 1 is 1.20 bits per heavy atom. The Bertz CT molecular complexity index is 773. The van der Waals surface area contributed by atoms with Crippen LogP contribution >= 0.6 is 0 Å². The second-order valence-electron chi connectivity index (χ2n) is 5.56. The van der Waals surface area contributed by atoms with Crippen LogP contribution in [-0.2, 0) is 25.5 Å². The Balaban J connectivity index is 1.97. The minimum atomic E-state index is -1.25. The number of carbonyl (C=O) groups excluding carboxylic acids is 3. The van der Waals surface area contributed by atoms with Gasteiger partial charge in [-0.3, -0.25) is 9.59 Å². The summed E-state index contributed by atoms with van der Waals surface area (Å²) in [6, 6.07) is 5.65. The van der Waals surface area contributed by atoms with Gasteiger partial charge in [0.15, 0.2) is 11.8 Å². The molecule has 2 amide bonds. The first kappa shape index (κ1) is 16.7. The zero-order chi connectivity index (χ0) is 18.1. The number of amides is 2. The maximum Gasteiger partial charge on any atom is 0.355 e. The molecule has 9 heteroatoms. The first-order valence-electron chi connectivity index (χ1n) is 7.88. The Morgan fingerprint density at radius 2 is 1.88 bits per heavy atom. The van der Waals surface area contributed by atoms with Gasteiger partial charge in [-0.15, -0.1) is 15.1 Å². The van der Waals surface area contributed by atoms with Crippen LogP contribution in [0.3, 0.4) is 0 Å². The topological polar surface area (TPSA) is 109 Å². The van der Waals surface area contributed by atoms with E-state index in [2.05, 4.69) is 10.4 Å². The van der Waals surface area contributed by atoms with Gasteiger partial charge in [0.2, 0.25) is 5.91 Å². The lowest BCUT2D eigenvalue weighted by molar-refractivity contribution is -0.136. The molecule has 2 atom stereocenters. The van der Waals surface area contributed by atoms with E-state index in [9.17, 15) is 19.3 Å². The number of nitroso groups, excluding NO2 is 1. The van der Waals surface area contributed by atoms with Crippen molar-refractivity contribution in [1.82, 2.24) is 5.12 Å². The molecule has 9 nitrogen and oxygen atoms in total. The van der Waals surface area contributed by atoms with Gasteiger partial charge in [-0.05, 0) is 31.0 Å². The number of hydrazone groups is 1. The van der Waals surface area contributed by atoms with E-state index in [1.807, 2.05) is 6.92 Å². The van der Waals surface area contributed by atoms with Gasteiger partial charge in [0, 0.05) is 0 Å². The minimum Gasteiger partial charge on any atom is -0.461 e. The number of imide groups is 1. The van der Waals surface area contributed by atoms with Crippen LogP contribution in [0.4, 0.5) is 5.69 Å². The second-order valence-corrected chi connectivity index (χ2v) is 5.56. The van der Waals surface area contributed by atoms with Crippen molar-refractivity contribution < 1.29 is 19.1 Å². The molecule has 25 heavy (non-hydrogen) atoms. The molecule has 0 unspecified atom stereocenters. The van der Waals surface area contributed by atoms with E-state index in [1.165, 1.54) is 0 Å². The van der Waals surface area contributed by atoms with Crippen LogP contribution in [0.15, 0.2) is 34.7 Å². The van der Waals surface area contributed by atoms with E-state index in [4.69, 9.17) is 4.74 Å². The normalized spacial score (nSPS) is 22.1. The predicted octanol–water partition coefficient (Wildman–Crippen LogP) is 1.02. The largest absolute Gasteiger partial charge is 0.461 e. The van der Waals surface area contributed by atoms with E-state index in [1.54, 1.807) is 31.2 Å². The maximum absolute atomic E-state index is 12.8. The molecule has 0 spiro atoms. The summed E-state index contributed by atoms with van der Waals surface area (Å²) in [7, 11) is 0. The number of ether oxygens (including phenoxy) is 1. The van der Waals surface area contributed by atoms with Crippen molar-refractivity contribution in [2.75, 3.05) is 11.5 Å². The number of fused-ring (bicyclic) bond motifs is 1. The number of aryl methyl sites for hydroxylation is 1. The van der Waals surface area contributed by atoms with E-state index < -0.39 is 29.7 Å². The molecule has 0 bridgehead atoms. The zero-order valence-electron chi connectivity index (χ0n) is 13.7. The van der Waals surface area contributed by atoms with E-state index in [0.717, 1.165) is 16.9 Å². The number of nitrogens with zero attached hydrogens (tertiary/aromatic N) is 4. The molecule has 1 aromatic rings. The Hall–Kier alpha value is -3.10. The highest BCUT2D eigenvalue weighted by Gasteiger charge is 2.59. The summed E-state index contributed by atoms with van der Waals surface area (Å²) in [4.78, 5) is 49.4. The summed E-state index contributed by atoms with van der Waals surface area (Å²) in [5.41, 5.74) is 1.14. The molecule has 0 saturated carbocycles. The molecule has 3 rings (SSSR count). The fourth-order valence-corrected chi connectivity index (χ4v) is 2.97. The van der Waals surface area contributed by atoms with Gasteiger partial charge < -0.3 is 4.74 Å². The first-order chi connectivity index (χ1) is 12.0. The summed E-state index contributed by atoms with van der Waals surface area (Å²) in [5.74, 6) is -3.32. The molecule has 130 valence electrons. The molecule has 0 N–H and O–H groups in total. The van der Waals surface area contributed by atoms with Crippen molar-refractivity contribution in [3.8, 4) is 0 Å². The van der Waals surface area contributed by atoms with Crippen molar-refractivity contribution in [3.05, 3.63) is 34.7 Å². The van der Waals surface area contributed by atoms with Crippen LogP contribution in [0.1, 0.15) is 19.4 Å². The van der Waals surface area contributed by atoms with Crippen molar-refractivity contribution >= 4 is 29.2 Å². The summed E-state index contributed by atoms with van der Waals surface area (Å²) in [5, 5.41) is 6.91. The Morgan fingerprint density at radius 3 is 2.44 bits per heavy atom. The quantitative estimate of drug-likeness (QED) is 0.448. The van der Waals surface area contributed by atoms with Crippen molar-refractivity contribution in [2.45, 2.75) is 26.3 Å². The minimum absolute atomic E-state index is 0.0775. The van der Waals surface area contributed by atoms with Crippen molar-refractivity contribution in [2.24, 2.45) is 16.3 Å². The molecule has 2 heterocycles.